The highest BCUT2D eigenvalue weighted by Crippen LogP contribution is 2.41. The summed E-state index contributed by atoms with van der Waals surface area (Å²) in [6, 6.07) is 30.9. The van der Waals surface area contributed by atoms with E-state index in [1.807, 2.05) is 11.8 Å². The molecule has 0 unspecified atom stereocenters. The van der Waals surface area contributed by atoms with E-state index in [1.165, 1.54) is 32.7 Å². The molecule has 0 aliphatic heterocycles. The Balaban J connectivity index is 1.56. The Hall–Kier alpha value is -2.25. The van der Waals surface area contributed by atoms with Gasteiger partial charge >= 0.3 is 0 Å². The third-order valence-corrected chi connectivity index (χ3v) is 6.25. The van der Waals surface area contributed by atoms with Crippen molar-refractivity contribution in [3.05, 3.63) is 96.1 Å². The van der Waals surface area contributed by atoms with E-state index in [2.05, 4.69) is 98.8 Å². The molecule has 124 valence electrons. The summed E-state index contributed by atoms with van der Waals surface area (Å²) in [5, 5.41) is 6.20. The Bertz CT molecular complexity index is 935. The molecule has 0 aliphatic carbocycles. The van der Waals surface area contributed by atoms with Gasteiger partial charge in [-0.2, -0.15) is 0 Å². The van der Waals surface area contributed by atoms with E-state index in [-0.39, 0.29) is 0 Å². The quantitative estimate of drug-likeness (QED) is 0.369. The third-order valence-electron chi connectivity index (χ3n) is 4.89. The summed E-state index contributed by atoms with van der Waals surface area (Å²) in [6.07, 6.45) is 0. The molecule has 0 bridgehead atoms. The fraction of sp³-hybridized carbons (Fsp3) is 0.167. The van der Waals surface area contributed by atoms with Crippen molar-refractivity contribution in [2.24, 2.45) is 0 Å². The molecule has 0 saturated heterocycles. The summed E-state index contributed by atoms with van der Waals surface area (Å²) >= 11 is 2.02. The van der Waals surface area contributed by atoms with Gasteiger partial charge in [0.05, 0.1) is 0 Å². The molecule has 0 N–H and O–H groups in total. The molecule has 0 aliphatic rings. The standard InChI is InChI=1S/C24H22S/c1-17(21-13-11-19-7-3-5-9-23(19)15-21)25-18(2)22-14-12-20-8-4-6-10-24(20)16-22/h3-18H,1-2H3/t17-,18-/m1/s1. The Morgan fingerprint density at radius 3 is 1.36 bits per heavy atom. The van der Waals surface area contributed by atoms with Crippen molar-refractivity contribution >= 4 is 33.3 Å². The first-order valence-electron chi connectivity index (χ1n) is 8.83. The molecule has 0 saturated carbocycles. The first kappa shape index (κ1) is 16.2. The summed E-state index contributed by atoms with van der Waals surface area (Å²) in [6.45, 7) is 4.62. The Morgan fingerprint density at radius 2 is 0.920 bits per heavy atom. The van der Waals surface area contributed by atoms with Crippen LogP contribution < -0.4 is 0 Å². The van der Waals surface area contributed by atoms with E-state index in [0.29, 0.717) is 10.5 Å². The van der Waals surface area contributed by atoms with Crippen LogP contribution in [0.5, 0.6) is 0 Å². The average Bonchev–Trinajstić information content (AvgIpc) is 2.67. The van der Waals surface area contributed by atoms with Crippen molar-refractivity contribution in [1.29, 1.82) is 0 Å². The van der Waals surface area contributed by atoms with Crippen molar-refractivity contribution in [3.8, 4) is 0 Å². The lowest BCUT2D eigenvalue weighted by molar-refractivity contribution is 1.04. The molecular weight excluding hydrogens is 320 g/mol. The van der Waals surface area contributed by atoms with Gasteiger partial charge in [0.1, 0.15) is 0 Å². The number of benzene rings is 4. The summed E-state index contributed by atoms with van der Waals surface area (Å²) in [5.41, 5.74) is 2.80. The summed E-state index contributed by atoms with van der Waals surface area (Å²) in [7, 11) is 0. The Morgan fingerprint density at radius 1 is 0.520 bits per heavy atom. The zero-order chi connectivity index (χ0) is 17.2. The van der Waals surface area contributed by atoms with E-state index in [0.717, 1.165) is 0 Å². The van der Waals surface area contributed by atoms with Crippen LogP contribution in [0.25, 0.3) is 21.5 Å². The van der Waals surface area contributed by atoms with Gasteiger partial charge in [-0.15, -0.1) is 11.8 Å². The molecule has 0 amide bonds. The molecule has 25 heavy (non-hydrogen) atoms. The number of fused-ring (bicyclic) bond motifs is 2. The van der Waals surface area contributed by atoms with Crippen LogP contribution in [0.2, 0.25) is 0 Å². The van der Waals surface area contributed by atoms with E-state index in [9.17, 15) is 0 Å². The molecule has 0 fully saturated rings. The van der Waals surface area contributed by atoms with Crippen LogP contribution in [0.1, 0.15) is 35.5 Å². The number of hydrogen-bond acceptors (Lipinski definition) is 1. The molecular formula is C24H22S. The molecule has 4 rings (SSSR count). The van der Waals surface area contributed by atoms with E-state index in [1.54, 1.807) is 0 Å². The van der Waals surface area contributed by atoms with E-state index >= 15 is 0 Å². The SMILES string of the molecule is C[C@@H](S[C@H](C)c1ccc2ccccc2c1)c1ccc2ccccc2c1. The van der Waals surface area contributed by atoms with Gasteiger partial charge in [0, 0.05) is 10.5 Å². The second kappa shape index (κ2) is 6.93. The minimum Gasteiger partial charge on any atom is -0.146 e. The molecule has 4 aromatic rings. The molecule has 0 radical (unpaired) electrons. The van der Waals surface area contributed by atoms with Crippen molar-refractivity contribution in [3.63, 3.8) is 0 Å². The summed E-state index contributed by atoms with van der Waals surface area (Å²) in [4.78, 5) is 0. The van der Waals surface area contributed by atoms with Crippen molar-refractivity contribution in [2.75, 3.05) is 0 Å². The van der Waals surface area contributed by atoms with Gasteiger partial charge in [0.25, 0.3) is 0 Å². The minimum absolute atomic E-state index is 0.464. The molecule has 0 nitrogen and oxygen atoms in total. The number of hydrogen-bond donors (Lipinski definition) is 0. The largest absolute Gasteiger partial charge is 0.146 e. The monoisotopic (exact) mass is 342 g/mol. The normalized spacial score (nSPS) is 13.8. The highest BCUT2D eigenvalue weighted by molar-refractivity contribution is 7.99. The first-order valence-corrected chi connectivity index (χ1v) is 9.78. The van der Waals surface area contributed by atoms with Crippen LogP contribution in [0.15, 0.2) is 84.9 Å². The maximum atomic E-state index is 2.33. The van der Waals surface area contributed by atoms with Gasteiger partial charge in [0.2, 0.25) is 0 Å². The number of rotatable bonds is 4. The van der Waals surface area contributed by atoms with E-state index in [4.69, 9.17) is 0 Å². The summed E-state index contributed by atoms with van der Waals surface area (Å²) < 4.78 is 0. The van der Waals surface area contributed by atoms with Crippen LogP contribution in [0, 0.1) is 0 Å². The lowest BCUT2D eigenvalue weighted by Crippen LogP contribution is -1.94. The molecule has 0 heterocycles. The predicted molar refractivity (Wildman–Crippen MR) is 112 cm³/mol. The zero-order valence-corrected chi connectivity index (χ0v) is 15.5. The number of thioether (sulfide) groups is 1. The Labute approximate surface area is 153 Å². The van der Waals surface area contributed by atoms with Crippen molar-refractivity contribution in [2.45, 2.75) is 24.3 Å². The molecule has 0 spiro atoms. The van der Waals surface area contributed by atoms with E-state index < -0.39 is 0 Å². The fourth-order valence-electron chi connectivity index (χ4n) is 3.38. The fourth-order valence-corrected chi connectivity index (χ4v) is 4.60. The molecule has 4 aromatic carbocycles. The van der Waals surface area contributed by atoms with Gasteiger partial charge in [-0.25, -0.2) is 0 Å². The van der Waals surface area contributed by atoms with Crippen molar-refractivity contribution in [1.82, 2.24) is 0 Å². The maximum Gasteiger partial charge on any atom is 0.0275 e. The van der Waals surface area contributed by atoms with Crippen LogP contribution in [0.3, 0.4) is 0 Å². The maximum absolute atomic E-state index is 2.33. The molecule has 0 aromatic heterocycles. The van der Waals surface area contributed by atoms with Gasteiger partial charge in [-0.1, -0.05) is 84.9 Å². The zero-order valence-electron chi connectivity index (χ0n) is 14.6. The van der Waals surface area contributed by atoms with Crippen LogP contribution in [-0.2, 0) is 0 Å². The first-order chi connectivity index (χ1) is 12.2. The van der Waals surface area contributed by atoms with Crippen LogP contribution in [-0.4, -0.2) is 0 Å². The second-order valence-electron chi connectivity index (χ2n) is 6.63. The van der Waals surface area contributed by atoms with Crippen LogP contribution in [0.4, 0.5) is 0 Å². The van der Waals surface area contributed by atoms with Crippen LogP contribution >= 0.6 is 11.8 Å². The topological polar surface area (TPSA) is 0 Å². The smallest absolute Gasteiger partial charge is 0.0275 e. The second-order valence-corrected chi connectivity index (χ2v) is 8.32. The van der Waals surface area contributed by atoms with Crippen molar-refractivity contribution < 1.29 is 0 Å². The lowest BCUT2D eigenvalue weighted by atomic mass is 10.1. The molecule has 1 heteroatoms. The Kier molecular flexibility index (Phi) is 4.50. The van der Waals surface area contributed by atoms with Gasteiger partial charge in [-0.3, -0.25) is 0 Å². The highest BCUT2D eigenvalue weighted by atomic mass is 32.2. The predicted octanol–water partition coefficient (Wildman–Crippen LogP) is 7.55. The van der Waals surface area contributed by atoms with Gasteiger partial charge < -0.3 is 0 Å². The minimum atomic E-state index is 0.464. The summed E-state index contributed by atoms with van der Waals surface area (Å²) in [5.74, 6) is 0. The van der Waals surface area contributed by atoms with Gasteiger partial charge in [0.15, 0.2) is 0 Å². The van der Waals surface area contributed by atoms with Gasteiger partial charge in [-0.05, 0) is 46.5 Å². The average molecular weight is 343 g/mol. The third kappa shape index (κ3) is 3.43. The lowest BCUT2D eigenvalue weighted by Gasteiger charge is -2.19. The molecule has 2 atom stereocenters. The highest BCUT2D eigenvalue weighted by Gasteiger charge is 2.14.